The molecular weight excluding hydrogens is 350 g/mol. The maximum Gasteiger partial charge on any atom is 0.340 e. The Hall–Kier alpha value is -2.46. The van der Waals surface area contributed by atoms with E-state index in [2.05, 4.69) is 15.7 Å². The Morgan fingerprint density at radius 1 is 1.46 bits per heavy atom. The van der Waals surface area contributed by atoms with Crippen LogP contribution in [0.1, 0.15) is 32.6 Å². The average molecular weight is 367 g/mol. The van der Waals surface area contributed by atoms with Crippen molar-refractivity contribution >= 4 is 51.2 Å². The van der Waals surface area contributed by atoms with Crippen molar-refractivity contribution in [2.45, 2.75) is 20.4 Å². The molecule has 0 bridgehead atoms. The van der Waals surface area contributed by atoms with Crippen LogP contribution in [-0.4, -0.2) is 33.9 Å². The molecule has 128 valence electrons. The lowest BCUT2D eigenvalue weighted by Crippen LogP contribution is -2.23. The largest absolute Gasteiger partial charge is 0.465 e. The third-order valence-electron chi connectivity index (χ3n) is 3.11. The molecule has 10 heteroatoms. The molecule has 0 spiro atoms. The van der Waals surface area contributed by atoms with Crippen molar-refractivity contribution in [1.29, 1.82) is 0 Å². The lowest BCUT2D eigenvalue weighted by Gasteiger charge is -2.10. The Balaban J connectivity index is 2.19. The number of nitrogens with two attached hydrogens (primary N) is 1. The number of carbonyl (C=O) groups excluding carboxylic acids is 2. The predicted molar refractivity (Wildman–Crippen MR) is 96.7 cm³/mol. The Bertz CT molecular complexity index is 796. The Labute approximate surface area is 148 Å². The minimum Gasteiger partial charge on any atom is -0.465 e. The number of thiocarbonyl (C=S) groups is 1. The topological polar surface area (TPSA) is 111 Å². The van der Waals surface area contributed by atoms with Gasteiger partial charge in [-0.1, -0.05) is 0 Å². The zero-order chi connectivity index (χ0) is 17.9. The average Bonchev–Trinajstić information content (AvgIpc) is 3.09. The number of thiophene rings is 1. The van der Waals surface area contributed by atoms with E-state index in [9.17, 15) is 9.59 Å². The van der Waals surface area contributed by atoms with Crippen LogP contribution in [0.3, 0.4) is 0 Å². The number of carbonyl (C=O) groups is 2. The zero-order valence-corrected chi connectivity index (χ0v) is 15.0. The second kappa shape index (κ2) is 7.41. The maximum atomic E-state index is 11.8. The predicted octanol–water partition coefficient (Wildman–Crippen LogP) is 1.97. The first-order valence-corrected chi connectivity index (χ1v) is 8.22. The third-order valence-corrected chi connectivity index (χ3v) is 4.28. The number of hydrogen-bond donors (Lipinski definition) is 3. The molecule has 0 saturated carbocycles. The van der Waals surface area contributed by atoms with E-state index in [1.807, 2.05) is 13.8 Å². The van der Waals surface area contributed by atoms with Crippen LogP contribution in [0.15, 0.2) is 12.3 Å². The van der Waals surface area contributed by atoms with Crippen molar-refractivity contribution in [2.75, 3.05) is 17.7 Å². The number of aromatic nitrogens is 2. The third kappa shape index (κ3) is 3.71. The molecule has 0 aromatic carbocycles. The number of nitrogens with zero attached hydrogens (tertiary/aromatic N) is 2. The maximum absolute atomic E-state index is 11.8. The minimum atomic E-state index is -0.609. The Morgan fingerprint density at radius 3 is 2.75 bits per heavy atom. The lowest BCUT2D eigenvalue weighted by atomic mass is 10.3. The fourth-order valence-electron chi connectivity index (χ4n) is 2.10. The summed E-state index contributed by atoms with van der Waals surface area (Å²) in [6.45, 7) is 4.21. The van der Waals surface area contributed by atoms with Gasteiger partial charge in [0, 0.05) is 11.4 Å². The van der Waals surface area contributed by atoms with Gasteiger partial charge in [0.05, 0.1) is 24.6 Å². The first-order valence-electron chi connectivity index (χ1n) is 6.99. The van der Waals surface area contributed by atoms with Crippen molar-refractivity contribution in [1.82, 2.24) is 9.78 Å². The van der Waals surface area contributed by atoms with Gasteiger partial charge in [-0.2, -0.15) is 5.10 Å². The van der Waals surface area contributed by atoms with Crippen molar-refractivity contribution in [2.24, 2.45) is 5.73 Å². The molecule has 0 aliphatic heterocycles. The van der Waals surface area contributed by atoms with E-state index < -0.39 is 11.9 Å². The molecule has 2 aromatic heterocycles. The van der Waals surface area contributed by atoms with Crippen LogP contribution in [0.4, 0.5) is 10.7 Å². The summed E-state index contributed by atoms with van der Waals surface area (Å²) < 4.78 is 6.22. The van der Waals surface area contributed by atoms with Crippen LogP contribution < -0.4 is 16.4 Å². The van der Waals surface area contributed by atoms with Crippen molar-refractivity contribution in [3.05, 3.63) is 28.4 Å². The SMILES string of the molecule is CCn1ncc(NC(=S)Nc2sc(C)cc2C(=O)OC)c1C(N)=O. The summed E-state index contributed by atoms with van der Waals surface area (Å²) >= 11 is 6.61. The van der Waals surface area contributed by atoms with Gasteiger partial charge in [-0.15, -0.1) is 11.3 Å². The fourth-order valence-corrected chi connectivity index (χ4v) is 3.28. The fraction of sp³-hybridized carbons (Fsp3) is 0.286. The molecule has 2 rings (SSSR count). The number of amides is 1. The molecule has 2 aromatic rings. The van der Waals surface area contributed by atoms with E-state index in [1.54, 1.807) is 6.07 Å². The van der Waals surface area contributed by atoms with E-state index in [4.69, 9.17) is 22.7 Å². The van der Waals surface area contributed by atoms with Crippen LogP contribution in [-0.2, 0) is 11.3 Å². The van der Waals surface area contributed by atoms with E-state index >= 15 is 0 Å². The molecule has 0 atom stereocenters. The Morgan fingerprint density at radius 2 is 2.17 bits per heavy atom. The highest BCUT2D eigenvalue weighted by Gasteiger charge is 2.19. The quantitative estimate of drug-likeness (QED) is 0.547. The zero-order valence-electron chi connectivity index (χ0n) is 13.4. The molecule has 2 heterocycles. The number of methoxy groups -OCH3 is 1. The number of nitrogens with one attached hydrogen (secondary N) is 2. The lowest BCUT2D eigenvalue weighted by molar-refractivity contribution is 0.0602. The van der Waals surface area contributed by atoms with Crippen molar-refractivity contribution in [3.8, 4) is 0 Å². The van der Waals surface area contributed by atoms with E-state index in [1.165, 1.54) is 29.3 Å². The van der Waals surface area contributed by atoms with Gasteiger partial charge in [0.2, 0.25) is 0 Å². The molecule has 1 amide bonds. The van der Waals surface area contributed by atoms with Crippen LogP contribution in [0.2, 0.25) is 0 Å². The number of anilines is 2. The highest BCUT2D eigenvalue weighted by atomic mass is 32.1. The smallest absolute Gasteiger partial charge is 0.340 e. The van der Waals surface area contributed by atoms with Gasteiger partial charge < -0.3 is 21.1 Å². The van der Waals surface area contributed by atoms with Gasteiger partial charge in [-0.05, 0) is 32.1 Å². The van der Waals surface area contributed by atoms with Gasteiger partial charge >= 0.3 is 5.97 Å². The molecular formula is C14H17N5O3S2. The van der Waals surface area contributed by atoms with Gasteiger partial charge in [0.15, 0.2) is 5.11 Å². The minimum absolute atomic E-state index is 0.208. The summed E-state index contributed by atoms with van der Waals surface area (Å²) in [6.07, 6.45) is 1.47. The second-order valence-corrected chi connectivity index (χ2v) is 6.42. The highest BCUT2D eigenvalue weighted by Crippen LogP contribution is 2.28. The highest BCUT2D eigenvalue weighted by molar-refractivity contribution is 7.80. The normalized spacial score (nSPS) is 10.3. The molecule has 0 aliphatic rings. The number of primary amides is 1. The van der Waals surface area contributed by atoms with Gasteiger partial charge in [0.25, 0.3) is 5.91 Å². The summed E-state index contributed by atoms with van der Waals surface area (Å²) in [5, 5.41) is 10.7. The summed E-state index contributed by atoms with van der Waals surface area (Å²) in [5.74, 6) is -1.07. The van der Waals surface area contributed by atoms with Crippen molar-refractivity contribution < 1.29 is 14.3 Å². The number of ether oxygens (including phenoxy) is 1. The van der Waals surface area contributed by atoms with Crippen molar-refractivity contribution in [3.63, 3.8) is 0 Å². The van der Waals surface area contributed by atoms with Gasteiger partial charge in [0.1, 0.15) is 10.7 Å². The van der Waals surface area contributed by atoms with Crippen LogP contribution in [0.5, 0.6) is 0 Å². The summed E-state index contributed by atoms with van der Waals surface area (Å²) in [7, 11) is 1.31. The van der Waals surface area contributed by atoms with E-state index in [0.717, 1.165) is 4.88 Å². The van der Waals surface area contributed by atoms with Crippen LogP contribution >= 0.6 is 23.6 Å². The molecule has 0 unspecified atom stereocenters. The molecule has 8 nitrogen and oxygen atoms in total. The van der Waals surface area contributed by atoms with Gasteiger partial charge in [-0.3, -0.25) is 9.48 Å². The summed E-state index contributed by atoms with van der Waals surface area (Å²) in [4.78, 5) is 24.3. The standard InChI is InChI=1S/C14H17N5O3S2/c1-4-19-10(11(15)20)9(6-16-19)17-14(23)18-12-8(13(21)22-3)5-7(2)24-12/h5-6H,4H2,1-3H3,(H2,15,20)(H2,17,18,23). The molecule has 0 aliphatic carbocycles. The van der Waals surface area contributed by atoms with E-state index in [-0.39, 0.29) is 10.8 Å². The molecule has 4 N–H and O–H groups in total. The van der Waals surface area contributed by atoms with Crippen LogP contribution in [0, 0.1) is 6.92 Å². The first kappa shape index (κ1) is 17.9. The molecule has 0 fully saturated rings. The van der Waals surface area contributed by atoms with Gasteiger partial charge in [-0.25, -0.2) is 4.79 Å². The number of aryl methyl sites for hydroxylation is 2. The molecule has 0 radical (unpaired) electrons. The number of esters is 1. The molecule has 0 saturated heterocycles. The monoisotopic (exact) mass is 367 g/mol. The molecule has 24 heavy (non-hydrogen) atoms. The first-order chi connectivity index (χ1) is 11.4. The second-order valence-electron chi connectivity index (χ2n) is 4.76. The number of hydrogen-bond acceptors (Lipinski definition) is 6. The summed E-state index contributed by atoms with van der Waals surface area (Å²) in [6, 6.07) is 1.71. The van der Waals surface area contributed by atoms with E-state index in [0.29, 0.717) is 22.8 Å². The van der Waals surface area contributed by atoms with Crippen LogP contribution in [0.25, 0.3) is 0 Å². The Kier molecular flexibility index (Phi) is 5.52. The number of rotatable bonds is 5. The summed E-state index contributed by atoms with van der Waals surface area (Å²) in [5.41, 5.74) is 6.41.